The minimum atomic E-state index is -0.750. The van der Waals surface area contributed by atoms with Crippen molar-refractivity contribution in [3.63, 3.8) is 0 Å². The molecule has 352 valence electrons. The SMILES string of the molecule is CCCCCCCCCCCCCC/C=C\CCCCCCCC(O)CC(=O)NC(CO)C(O)CCCCCCCCCCCCCCCCCCCCCCCCC. The smallest absolute Gasteiger partial charge is 0.222 e. The van der Waals surface area contributed by atoms with Gasteiger partial charge in [-0.15, -0.1) is 0 Å². The third-order valence-corrected chi connectivity index (χ3v) is 12.8. The molecule has 0 saturated carbocycles. The fourth-order valence-corrected chi connectivity index (χ4v) is 8.70. The van der Waals surface area contributed by atoms with Crippen molar-refractivity contribution in [2.45, 2.75) is 321 Å². The van der Waals surface area contributed by atoms with Crippen molar-refractivity contribution in [3.8, 4) is 0 Å². The second-order valence-corrected chi connectivity index (χ2v) is 18.8. The zero-order valence-electron chi connectivity index (χ0n) is 40.2. The van der Waals surface area contributed by atoms with Crippen molar-refractivity contribution in [1.29, 1.82) is 0 Å². The average Bonchev–Trinajstić information content (AvgIpc) is 3.23. The summed E-state index contributed by atoms with van der Waals surface area (Å²) in [6.45, 7) is 4.30. The van der Waals surface area contributed by atoms with Crippen LogP contribution < -0.4 is 5.32 Å². The van der Waals surface area contributed by atoms with E-state index in [0.29, 0.717) is 12.8 Å². The monoisotopic (exact) mass is 834 g/mol. The van der Waals surface area contributed by atoms with Gasteiger partial charge in [0.05, 0.1) is 31.3 Å². The van der Waals surface area contributed by atoms with Gasteiger partial charge in [-0.25, -0.2) is 0 Å². The Labute approximate surface area is 369 Å². The van der Waals surface area contributed by atoms with Crippen LogP contribution in [0.5, 0.6) is 0 Å². The molecule has 0 aliphatic heterocycles. The van der Waals surface area contributed by atoms with Crippen molar-refractivity contribution < 1.29 is 20.1 Å². The molecule has 0 fully saturated rings. The van der Waals surface area contributed by atoms with Gasteiger partial charge in [0.25, 0.3) is 0 Å². The lowest BCUT2D eigenvalue weighted by Gasteiger charge is -2.23. The Morgan fingerprint density at radius 3 is 0.983 bits per heavy atom. The highest BCUT2D eigenvalue weighted by atomic mass is 16.3. The van der Waals surface area contributed by atoms with E-state index in [0.717, 1.165) is 25.7 Å². The molecule has 5 heteroatoms. The minimum absolute atomic E-state index is 0.0344. The molecule has 3 atom stereocenters. The lowest BCUT2D eigenvalue weighted by Crippen LogP contribution is -2.46. The van der Waals surface area contributed by atoms with Gasteiger partial charge in [0.1, 0.15) is 0 Å². The van der Waals surface area contributed by atoms with Crippen LogP contribution in [0.25, 0.3) is 0 Å². The number of unbranched alkanes of at least 4 members (excludes halogenated alkanes) is 39. The number of allylic oxidation sites excluding steroid dienone is 2. The fraction of sp³-hybridized carbons (Fsp3) is 0.944. The first kappa shape index (κ1) is 58.1. The summed E-state index contributed by atoms with van der Waals surface area (Å²) in [5.41, 5.74) is 0. The molecule has 0 aromatic rings. The molecule has 4 N–H and O–H groups in total. The summed E-state index contributed by atoms with van der Waals surface area (Å²) >= 11 is 0. The summed E-state index contributed by atoms with van der Waals surface area (Å²) in [6, 6.07) is -0.659. The zero-order chi connectivity index (χ0) is 43.0. The summed E-state index contributed by atoms with van der Waals surface area (Å²) in [5, 5.41) is 33.6. The van der Waals surface area contributed by atoms with Gasteiger partial charge in [0.2, 0.25) is 5.91 Å². The molecule has 0 saturated heterocycles. The first-order valence-corrected chi connectivity index (χ1v) is 27.0. The maximum Gasteiger partial charge on any atom is 0.222 e. The molecule has 0 aromatic carbocycles. The Bertz CT molecular complexity index is 833. The Morgan fingerprint density at radius 2 is 0.678 bits per heavy atom. The van der Waals surface area contributed by atoms with Crippen molar-refractivity contribution in [1.82, 2.24) is 5.32 Å². The first-order chi connectivity index (χ1) is 29.0. The Morgan fingerprint density at radius 1 is 0.407 bits per heavy atom. The maximum absolute atomic E-state index is 12.5. The number of rotatable bonds is 50. The topological polar surface area (TPSA) is 89.8 Å². The Kier molecular flexibility index (Phi) is 49.0. The number of aliphatic hydroxyl groups is 3. The van der Waals surface area contributed by atoms with Crippen LogP contribution in [0.3, 0.4) is 0 Å². The molecule has 0 aliphatic carbocycles. The van der Waals surface area contributed by atoms with E-state index in [1.54, 1.807) is 0 Å². The minimum Gasteiger partial charge on any atom is -0.394 e. The van der Waals surface area contributed by atoms with Gasteiger partial charge in [-0.1, -0.05) is 270 Å². The average molecular weight is 834 g/mol. The van der Waals surface area contributed by atoms with E-state index in [4.69, 9.17) is 0 Å². The molecule has 0 radical (unpaired) electrons. The molecule has 0 bridgehead atoms. The highest BCUT2D eigenvalue weighted by Gasteiger charge is 2.21. The third-order valence-electron chi connectivity index (χ3n) is 12.8. The summed E-state index contributed by atoms with van der Waals surface area (Å²) in [5.74, 6) is -0.282. The third kappa shape index (κ3) is 46.4. The first-order valence-electron chi connectivity index (χ1n) is 27.0. The maximum atomic E-state index is 12.5. The molecular formula is C54H107NO4. The van der Waals surface area contributed by atoms with E-state index in [-0.39, 0.29) is 18.9 Å². The zero-order valence-corrected chi connectivity index (χ0v) is 40.2. The summed E-state index contributed by atoms with van der Waals surface area (Å²) in [6.07, 6.45) is 60.7. The fourth-order valence-electron chi connectivity index (χ4n) is 8.70. The van der Waals surface area contributed by atoms with E-state index in [2.05, 4.69) is 31.3 Å². The van der Waals surface area contributed by atoms with E-state index < -0.39 is 18.2 Å². The number of amides is 1. The number of aliphatic hydroxyl groups excluding tert-OH is 3. The number of hydrogen-bond donors (Lipinski definition) is 4. The van der Waals surface area contributed by atoms with Crippen LogP contribution >= 0.6 is 0 Å². The number of hydrogen-bond acceptors (Lipinski definition) is 4. The van der Waals surface area contributed by atoms with Crippen LogP contribution in [-0.2, 0) is 4.79 Å². The van der Waals surface area contributed by atoms with Gasteiger partial charge >= 0.3 is 0 Å². The summed E-state index contributed by atoms with van der Waals surface area (Å²) in [4.78, 5) is 12.5. The second kappa shape index (κ2) is 49.7. The van der Waals surface area contributed by atoms with Gasteiger partial charge in [-0.2, -0.15) is 0 Å². The summed E-state index contributed by atoms with van der Waals surface area (Å²) < 4.78 is 0. The molecule has 59 heavy (non-hydrogen) atoms. The van der Waals surface area contributed by atoms with E-state index in [1.807, 2.05) is 0 Å². The molecule has 5 nitrogen and oxygen atoms in total. The van der Waals surface area contributed by atoms with Crippen molar-refractivity contribution in [3.05, 3.63) is 12.2 Å². The Hall–Kier alpha value is -0.910. The van der Waals surface area contributed by atoms with E-state index in [1.165, 1.54) is 244 Å². The molecule has 0 aliphatic rings. The quantitative estimate of drug-likeness (QED) is 0.0363. The highest BCUT2D eigenvalue weighted by molar-refractivity contribution is 5.76. The molecule has 0 aromatic heterocycles. The normalized spacial score (nSPS) is 13.4. The van der Waals surface area contributed by atoms with Gasteiger partial charge < -0.3 is 20.6 Å². The lowest BCUT2D eigenvalue weighted by atomic mass is 10.0. The van der Waals surface area contributed by atoms with Crippen LogP contribution in [0.2, 0.25) is 0 Å². The van der Waals surface area contributed by atoms with Crippen LogP contribution in [0.15, 0.2) is 12.2 Å². The lowest BCUT2D eigenvalue weighted by molar-refractivity contribution is -0.125. The van der Waals surface area contributed by atoms with E-state index >= 15 is 0 Å². The standard InChI is InChI=1S/C54H107NO4/c1-3-5-7-9-11-13-15-17-19-21-23-25-26-28-30-32-34-36-38-40-42-44-46-48-53(58)52(50-56)55-54(59)49-51(57)47-45-43-41-39-37-35-33-31-29-27-24-22-20-18-16-14-12-10-8-6-4-2/h31,33,51-53,56-58H,3-30,32,34-50H2,1-2H3,(H,55,59)/b33-31-. The predicted octanol–water partition coefficient (Wildman–Crippen LogP) is 16.3. The van der Waals surface area contributed by atoms with Crippen LogP contribution in [0.4, 0.5) is 0 Å². The molecule has 0 heterocycles. The van der Waals surface area contributed by atoms with Crippen LogP contribution in [0, 0.1) is 0 Å². The predicted molar refractivity (Wildman–Crippen MR) is 259 cm³/mol. The molecule has 0 spiro atoms. The summed E-state index contributed by atoms with van der Waals surface area (Å²) in [7, 11) is 0. The molecule has 3 unspecified atom stereocenters. The van der Waals surface area contributed by atoms with Crippen molar-refractivity contribution in [2.24, 2.45) is 0 Å². The number of carbonyl (C=O) groups is 1. The van der Waals surface area contributed by atoms with Gasteiger partial charge in [0, 0.05) is 0 Å². The van der Waals surface area contributed by atoms with Crippen molar-refractivity contribution >= 4 is 5.91 Å². The van der Waals surface area contributed by atoms with Gasteiger partial charge in [-0.05, 0) is 38.5 Å². The second-order valence-electron chi connectivity index (χ2n) is 18.8. The Balaban J connectivity index is 3.54. The van der Waals surface area contributed by atoms with Crippen LogP contribution in [0.1, 0.15) is 303 Å². The molecular weight excluding hydrogens is 727 g/mol. The van der Waals surface area contributed by atoms with E-state index in [9.17, 15) is 20.1 Å². The largest absolute Gasteiger partial charge is 0.394 e. The van der Waals surface area contributed by atoms with Gasteiger partial charge in [-0.3, -0.25) is 4.79 Å². The molecule has 0 rings (SSSR count). The molecule has 1 amide bonds. The van der Waals surface area contributed by atoms with Crippen LogP contribution in [-0.4, -0.2) is 46.1 Å². The van der Waals surface area contributed by atoms with Crippen molar-refractivity contribution in [2.75, 3.05) is 6.61 Å². The highest BCUT2D eigenvalue weighted by Crippen LogP contribution is 2.18. The number of carbonyl (C=O) groups excluding carboxylic acids is 1. The van der Waals surface area contributed by atoms with Gasteiger partial charge in [0.15, 0.2) is 0 Å². The number of nitrogens with one attached hydrogen (secondary N) is 1.